The van der Waals surface area contributed by atoms with Gasteiger partial charge in [-0.05, 0) is 55.3 Å². The molecule has 2 aromatic rings. The van der Waals surface area contributed by atoms with Gasteiger partial charge < -0.3 is 11.1 Å². The molecule has 138 valence electrons. The van der Waals surface area contributed by atoms with E-state index in [2.05, 4.69) is 22.2 Å². The van der Waals surface area contributed by atoms with Crippen LogP contribution in [0.2, 0.25) is 0 Å². The molecule has 0 bridgehead atoms. The number of nitrogens with two attached hydrogens (primary N) is 1. The lowest BCUT2D eigenvalue weighted by Crippen LogP contribution is -2.22. The van der Waals surface area contributed by atoms with Gasteiger partial charge in [-0.1, -0.05) is 24.0 Å². The normalized spacial score (nSPS) is 11.2. The second-order valence-electron chi connectivity index (χ2n) is 5.51. The van der Waals surface area contributed by atoms with Crippen LogP contribution in [-0.4, -0.2) is 12.5 Å². The zero-order valence-electron chi connectivity index (χ0n) is 14.3. The second kappa shape index (κ2) is 9.48. The molecule has 2 rings (SSSR count). The molecule has 3 N–H and O–H groups in total. The molecule has 0 radical (unpaired) electrons. The van der Waals surface area contributed by atoms with Crippen LogP contribution in [0.3, 0.4) is 0 Å². The van der Waals surface area contributed by atoms with Crippen molar-refractivity contribution in [2.45, 2.75) is 20.0 Å². The van der Waals surface area contributed by atoms with Crippen molar-refractivity contribution >= 4 is 35.6 Å². The topological polar surface area (TPSA) is 50.4 Å². The predicted octanol–water partition coefficient (Wildman–Crippen LogP) is 4.72. The van der Waals surface area contributed by atoms with Gasteiger partial charge in [-0.25, -0.2) is 4.99 Å². The van der Waals surface area contributed by atoms with E-state index in [1.54, 1.807) is 0 Å². The van der Waals surface area contributed by atoms with Crippen molar-refractivity contribution in [1.29, 1.82) is 0 Å². The first kappa shape index (κ1) is 21.8. The lowest BCUT2D eigenvalue weighted by molar-refractivity contribution is -0.137. The van der Waals surface area contributed by atoms with Gasteiger partial charge in [-0.3, -0.25) is 0 Å². The van der Waals surface area contributed by atoms with Gasteiger partial charge in [0.1, 0.15) is 6.54 Å². The Morgan fingerprint density at radius 1 is 1.12 bits per heavy atom. The van der Waals surface area contributed by atoms with Crippen LogP contribution in [0.15, 0.2) is 47.5 Å². The summed E-state index contributed by atoms with van der Waals surface area (Å²) in [5.41, 5.74) is 8.45. The van der Waals surface area contributed by atoms with Crippen molar-refractivity contribution in [3.05, 3.63) is 64.7 Å². The molecule has 0 unspecified atom stereocenters. The first-order chi connectivity index (χ1) is 11.8. The summed E-state index contributed by atoms with van der Waals surface area (Å²) >= 11 is 0. The molecular weight excluding hydrogens is 454 g/mol. The van der Waals surface area contributed by atoms with Gasteiger partial charge in [-0.15, -0.1) is 24.0 Å². The Morgan fingerprint density at radius 3 is 2.50 bits per heavy atom. The highest BCUT2D eigenvalue weighted by molar-refractivity contribution is 14.0. The summed E-state index contributed by atoms with van der Waals surface area (Å²) in [6.45, 7) is 4.09. The molecule has 26 heavy (non-hydrogen) atoms. The van der Waals surface area contributed by atoms with Gasteiger partial charge in [0.15, 0.2) is 5.96 Å². The summed E-state index contributed by atoms with van der Waals surface area (Å²) in [5, 5.41) is 2.95. The Balaban J connectivity index is 0.00000338. The maximum Gasteiger partial charge on any atom is 0.416 e. The predicted molar refractivity (Wildman–Crippen MR) is 110 cm³/mol. The molecule has 0 aliphatic carbocycles. The van der Waals surface area contributed by atoms with E-state index >= 15 is 0 Å². The Bertz CT molecular complexity index is 849. The van der Waals surface area contributed by atoms with Gasteiger partial charge in [0.05, 0.1) is 5.56 Å². The summed E-state index contributed by atoms with van der Waals surface area (Å²) in [4.78, 5) is 4.05. The van der Waals surface area contributed by atoms with Crippen LogP contribution in [-0.2, 0) is 6.18 Å². The van der Waals surface area contributed by atoms with Crippen molar-refractivity contribution in [2.24, 2.45) is 10.7 Å². The smallest absolute Gasteiger partial charge is 0.370 e. The van der Waals surface area contributed by atoms with Crippen molar-refractivity contribution in [3.63, 3.8) is 0 Å². The van der Waals surface area contributed by atoms with Gasteiger partial charge >= 0.3 is 6.18 Å². The van der Waals surface area contributed by atoms with Crippen LogP contribution < -0.4 is 11.1 Å². The molecule has 0 amide bonds. The van der Waals surface area contributed by atoms with Gasteiger partial charge in [0.25, 0.3) is 0 Å². The van der Waals surface area contributed by atoms with Crippen molar-refractivity contribution < 1.29 is 13.2 Å². The Hall–Kier alpha value is -2.21. The van der Waals surface area contributed by atoms with Crippen molar-refractivity contribution in [1.82, 2.24) is 0 Å². The molecule has 0 saturated carbocycles. The largest absolute Gasteiger partial charge is 0.416 e. The molecule has 0 aliphatic heterocycles. The fourth-order valence-electron chi connectivity index (χ4n) is 2.05. The summed E-state index contributed by atoms with van der Waals surface area (Å²) in [6.07, 6.45) is -4.38. The maximum atomic E-state index is 12.6. The maximum absolute atomic E-state index is 12.6. The molecule has 0 saturated heterocycles. The number of halogens is 4. The molecular formula is C19H19F3IN3. The van der Waals surface area contributed by atoms with Crippen molar-refractivity contribution in [2.75, 3.05) is 11.9 Å². The van der Waals surface area contributed by atoms with E-state index in [0.717, 1.165) is 23.4 Å². The van der Waals surface area contributed by atoms with E-state index in [0.29, 0.717) is 0 Å². The minimum atomic E-state index is -4.38. The second-order valence-corrected chi connectivity index (χ2v) is 5.51. The summed E-state index contributed by atoms with van der Waals surface area (Å²) in [7, 11) is 0. The third kappa shape index (κ3) is 6.59. The number of hydrogen-bond acceptors (Lipinski definition) is 1. The Kier molecular flexibility index (Phi) is 7.96. The number of nitrogens with one attached hydrogen (secondary N) is 1. The van der Waals surface area contributed by atoms with Crippen LogP contribution in [0.1, 0.15) is 22.3 Å². The molecule has 7 heteroatoms. The van der Waals surface area contributed by atoms with E-state index in [4.69, 9.17) is 5.73 Å². The first-order valence-electron chi connectivity index (χ1n) is 7.56. The molecule has 0 fully saturated rings. The monoisotopic (exact) mass is 473 g/mol. The van der Waals surface area contributed by atoms with E-state index in [9.17, 15) is 13.2 Å². The first-order valence-corrected chi connectivity index (χ1v) is 7.56. The van der Waals surface area contributed by atoms with Crippen LogP contribution in [0.4, 0.5) is 18.9 Å². The average Bonchev–Trinajstić information content (AvgIpc) is 2.55. The number of guanidine groups is 1. The highest BCUT2D eigenvalue weighted by atomic mass is 127. The molecule has 0 heterocycles. The Labute approximate surface area is 167 Å². The fraction of sp³-hybridized carbons (Fsp3) is 0.211. The van der Waals surface area contributed by atoms with Crippen molar-refractivity contribution in [3.8, 4) is 11.8 Å². The molecule has 3 nitrogen and oxygen atoms in total. The lowest BCUT2D eigenvalue weighted by atomic mass is 10.1. The lowest BCUT2D eigenvalue weighted by Gasteiger charge is -2.07. The fourth-order valence-corrected chi connectivity index (χ4v) is 2.05. The van der Waals surface area contributed by atoms with E-state index in [1.165, 1.54) is 17.7 Å². The Morgan fingerprint density at radius 2 is 1.85 bits per heavy atom. The number of hydrogen-bond donors (Lipinski definition) is 2. The van der Waals surface area contributed by atoms with Gasteiger partial charge in [0, 0.05) is 11.3 Å². The molecule has 0 aromatic heterocycles. The number of nitrogens with zero attached hydrogens (tertiary/aromatic N) is 1. The molecule has 0 aliphatic rings. The third-order valence-electron chi connectivity index (χ3n) is 3.53. The zero-order chi connectivity index (χ0) is 18.4. The number of anilines is 1. The highest BCUT2D eigenvalue weighted by Crippen LogP contribution is 2.29. The summed E-state index contributed by atoms with van der Waals surface area (Å²) < 4.78 is 37.9. The number of aliphatic imine (C=N–C) groups is 1. The number of aryl methyl sites for hydroxylation is 2. The molecule has 2 aromatic carbocycles. The summed E-state index contributed by atoms with van der Waals surface area (Å²) in [5.74, 6) is 5.54. The molecule has 0 spiro atoms. The SMILES string of the molecule is Cc1ccc(NC(N)=NCC#Cc2cccc(C(F)(F)F)c2)cc1C.I. The van der Waals surface area contributed by atoms with Crippen LogP contribution in [0.5, 0.6) is 0 Å². The third-order valence-corrected chi connectivity index (χ3v) is 3.53. The van der Waals surface area contributed by atoms with Crippen LogP contribution >= 0.6 is 24.0 Å². The van der Waals surface area contributed by atoms with Crippen LogP contribution in [0, 0.1) is 25.7 Å². The van der Waals surface area contributed by atoms with Crippen LogP contribution in [0.25, 0.3) is 0 Å². The van der Waals surface area contributed by atoms with E-state index in [-0.39, 0.29) is 42.0 Å². The molecule has 0 atom stereocenters. The quantitative estimate of drug-likeness (QED) is 0.287. The summed E-state index contributed by atoms with van der Waals surface area (Å²) in [6, 6.07) is 10.7. The van der Waals surface area contributed by atoms with Gasteiger partial charge in [-0.2, -0.15) is 13.2 Å². The standard InChI is InChI=1S/C19H18F3N3.HI/c1-13-8-9-17(11-14(13)2)25-18(23)24-10-4-6-15-5-3-7-16(12-15)19(20,21)22;/h3,5,7-9,11-12H,10H2,1-2H3,(H3,23,24,25);1H. The van der Waals surface area contributed by atoms with E-state index < -0.39 is 11.7 Å². The number of benzene rings is 2. The van der Waals surface area contributed by atoms with Gasteiger partial charge in [0.2, 0.25) is 0 Å². The average molecular weight is 473 g/mol. The number of alkyl halides is 3. The highest BCUT2D eigenvalue weighted by Gasteiger charge is 2.30. The zero-order valence-corrected chi connectivity index (χ0v) is 16.6. The van der Waals surface area contributed by atoms with E-state index in [1.807, 2.05) is 32.0 Å². The minimum Gasteiger partial charge on any atom is -0.370 e. The minimum absolute atomic E-state index is 0. The number of rotatable bonds is 2.